The summed E-state index contributed by atoms with van der Waals surface area (Å²) >= 11 is 4.71. The minimum atomic E-state index is -0.514. The molecule has 1 aromatic heterocycles. The molecule has 0 aliphatic rings. The van der Waals surface area contributed by atoms with Crippen molar-refractivity contribution in [3.63, 3.8) is 0 Å². The Morgan fingerprint density at radius 3 is 2.35 bits per heavy atom. The van der Waals surface area contributed by atoms with Gasteiger partial charge in [0.05, 0.1) is 17.0 Å². The highest BCUT2D eigenvalue weighted by Gasteiger charge is 2.19. The zero-order valence-electron chi connectivity index (χ0n) is 17.0. The van der Waals surface area contributed by atoms with Crippen LogP contribution in [0.3, 0.4) is 0 Å². The van der Waals surface area contributed by atoms with Crippen molar-refractivity contribution in [1.29, 1.82) is 0 Å². The number of ketones is 1. The first kappa shape index (κ1) is 21.5. The lowest BCUT2D eigenvalue weighted by Crippen LogP contribution is -2.07. The first-order valence-electron chi connectivity index (χ1n) is 9.63. The maximum Gasteiger partial charge on any atom is 0.196 e. The number of carbonyl (C=O) groups is 1. The largest absolute Gasteiger partial charge is 0.293 e. The van der Waals surface area contributed by atoms with Gasteiger partial charge in [0.1, 0.15) is 5.82 Å². The van der Waals surface area contributed by atoms with Crippen LogP contribution < -0.4 is 0 Å². The molecule has 156 valence electrons. The molecular weight excluding hydrogens is 477 g/mol. The van der Waals surface area contributed by atoms with Crippen LogP contribution in [0, 0.1) is 19.7 Å². The summed E-state index contributed by atoms with van der Waals surface area (Å²) in [4.78, 5) is 12.6. The fourth-order valence-corrected chi connectivity index (χ4v) is 4.46. The highest BCUT2D eigenvalue weighted by Crippen LogP contribution is 2.30. The van der Waals surface area contributed by atoms with Gasteiger partial charge in [0.2, 0.25) is 0 Å². The Bertz CT molecular complexity index is 1230. The second-order valence-corrected chi connectivity index (χ2v) is 9.04. The molecule has 0 saturated heterocycles. The van der Waals surface area contributed by atoms with E-state index in [0.29, 0.717) is 11.0 Å². The Morgan fingerprint density at radius 1 is 1.00 bits per heavy atom. The number of carbonyl (C=O) groups excluding carboxylic acids is 1. The summed E-state index contributed by atoms with van der Waals surface area (Å²) < 4.78 is 16.9. The van der Waals surface area contributed by atoms with Gasteiger partial charge >= 0.3 is 0 Å². The molecule has 4 rings (SSSR count). The number of hydrogen-bond acceptors (Lipinski definition) is 4. The number of benzene rings is 3. The second kappa shape index (κ2) is 9.16. The maximum absolute atomic E-state index is 14.0. The van der Waals surface area contributed by atoms with Gasteiger partial charge < -0.3 is 0 Å². The molecule has 0 fully saturated rings. The summed E-state index contributed by atoms with van der Waals surface area (Å²) in [5, 5.41) is 9.34. The number of aryl methyl sites for hydroxylation is 2. The van der Waals surface area contributed by atoms with Crippen LogP contribution in [0.1, 0.15) is 21.5 Å². The summed E-state index contributed by atoms with van der Waals surface area (Å²) in [5.74, 6) is -0.0643. The minimum absolute atomic E-state index is 0.0597. The van der Waals surface area contributed by atoms with Crippen molar-refractivity contribution in [2.45, 2.75) is 19.0 Å². The average Bonchev–Trinajstić information content (AvgIpc) is 3.16. The van der Waals surface area contributed by atoms with Crippen LogP contribution >= 0.6 is 27.7 Å². The van der Waals surface area contributed by atoms with Crippen molar-refractivity contribution in [2.75, 3.05) is 5.75 Å². The van der Waals surface area contributed by atoms with Gasteiger partial charge in [-0.15, -0.1) is 10.2 Å². The van der Waals surface area contributed by atoms with Crippen molar-refractivity contribution in [3.05, 3.63) is 93.7 Å². The van der Waals surface area contributed by atoms with E-state index in [1.54, 1.807) is 12.1 Å². The van der Waals surface area contributed by atoms with E-state index in [-0.39, 0.29) is 17.1 Å². The summed E-state index contributed by atoms with van der Waals surface area (Å²) in [5.41, 5.74) is 4.14. The van der Waals surface area contributed by atoms with E-state index >= 15 is 0 Å². The van der Waals surface area contributed by atoms with E-state index < -0.39 is 5.82 Å². The Balaban J connectivity index is 1.73. The van der Waals surface area contributed by atoms with Gasteiger partial charge in [-0.1, -0.05) is 58.0 Å². The van der Waals surface area contributed by atoms with E-state index in [0.717, 1.165) is 26.9 Å². The van der Waals surface area contributed by atoms with Crippen molar-refractivity contribution in [1.82, 2.24) is 14.8 Å². The fraction of sp³-hybridized carbons (Fsp3) is 0.125. The van der Waals surface area contributed by atoms with Gasteiger partial charge in [0.25, 0.3) is 0 Å². The molecule has 0 unspecified atom stereocenters. The fourth-order valence-electron chi connectivity index (χ4n) is 3.36. The van der Waals surface area contributed by atoms with Crippen molar-refractivity contribution in [2.24, 2.45) is 0 Å². The Hall–Kier alpha value is -2.77. The molecule has 0 spiro atoms. The topological polar surface area (TPSA) is 47.8 Å². The molecule has 0 saturated carbocycles. The average molecular weight is 496 g/mol. The van der Waals surface area contributed by atoms with Crippen LogP contribution in [0.25, 0.3) is 17.1 Å². The lowest BCUT2D eigenvalue weighted by molar-refractivity contribution is 0.101. The number of rotatable bonds is 6. The lowest BCUT2D eigenvalue weighted by atomic mass is 10.1. The third-order valence-electron chi connectivity index (χ3n) is 4.71. The Morgan fingerprint density at radius 2 is 1.68 bits per heavy atom. The van der Waals surface area contributed by atoms with Crippen LogP contribution in [-0.2, 0) is 0 Å². The molecule has 31 heavy (non-hydrogen) atoms. The monoisotopic (exact) mass is 495 g/mol. The standard InChI is InChI=1S/C24H19BrFN3OS/c1-15-11-16(2)13-19(12-15)29-23(17-7-9-18(25)10-8-17)27-28-24(29)31-14-22(30)20-5-3-4-6-21(20)26/h3-13H,14H2,1-2H3. The third kappa shape index (κ3) is 4.78. The van der Waals surface area contributed by atoms with Crippen LogP contribution in [0.4, 0.5) is 4.39 Å². The molecule has 1 heterocycles. The van der Waals surface area contributed by atoms with Gasteiger partial charge in [-0.2, -0.15) is 0 Å². The quantitative estimate of drug-likeness (QED) is 0.228. The molecule has 0 radical (unpaired) electrons. The molecule has 0 bridgehead atoms. The first-order valence-corrected chi connectivity index (χ1v) is 11.4. The van der Waals surface area contributed by atoms with Gasteiger partial charge in [-0.25, -0.2) is 4.39 Å². The predicted molar refractivity (Wildman–Crippen MR) is 125 cm³/mol. The number of hydrogen-bond donors (Lipinski definition) is 0. The van der Waals surface area contributed by atoms with Crippen LogP contribution in [0.15, 0.2) is 76.4 Å². The summed E-state index contributed by atoms with van der Waals surface area (Å²) in [6.07, 6.45) is 0. The van der Waals surface area contributed by atoms with Gasteiger partial charge in [-0.3, -0.25) is 9.36 Å². The van der Waals surface area contributed by atoms with Crippen LogP contribution in [-0.4, -0.2) is 26.3 Å². The van der Waals surface area contributed by atoms with Crippen molar-refractivity contribution in [3.8, 4) is 17.1 Å². The normalized spacial score (nSPS) is 11.0. The van der Waals surface area contributed by atoms with Gasteiger partial charge in [0.15, 0.2) is 16.8 Å². The first-order chi connectivity index (χ1) is 14.9. The number of nitrogens with zero attached hydrogens (tertiary/aromatic N) is 3. The number of Topliss-reactive ketones (excluding diaryl/α,β-unsaturated/α-hetero) is 1. The molecule has 0 N–H and O–H groups in total. The predicted octanol–water partition coefficient (Wildman–Crippen LogP) is 6.43. The lowest BCUT2D eigenvalue weighted by Gasteiger charge is -2.12. The summed E-state index contributed by atoms with van der Waals surface area (Å²) in [6.45, 7) is 4.07. The van der Waals surface area contributed by atoms with Gasteiger partial charge in [0, 0.05) is 10.0 Å². The van der Waals surface area contributed by atoms with E-state index in [9.17, 15) is 9.18 Å². The van der Waals surface area contributed by atoms with E-state index in [2.05, 4.69) is 44.3 Å². The molecule has 0 atom stereocenters. The molecule has 4 nitrogen and oxygen atoms in total. The number of halogens is 2. The highest BCUT2D eigenvalue weighted by molar-refractivity contribution is 9.10. The van der Waals surface area contributed by atoms with Crippen molar-refractivity contribution >= 4 is 33.5 Å². The molecule has 4 aromatic rings. The second-order valence-electron chi connectivity index (χ2n) is 7.19. The van der Waals surface area contributed by atoms with Gasteiger partial charge in [-0.05, 0) is 61.4 Å². The zero-order valence-corrected chi connectivity index (χ0v) is 19.4. The molecule has 0 aliphatic heterocycles. The highest BCUT2D eigenvalue weighted by atomic mass is 79.9. The molecule has 0 amide bonds. The summed E-state index contributed by atoms with van der Waals surface area (Å²) in [7, 11) is 0. The zero-order chi connectivity index (χ0) is 22.0. The van der Waals surface area contributed by atoms with Crippen molar-refractivity contribution < 1.29 is 9.18 Å². The SMILES string of the molecule is Cc1cc(C)cc(-n2c(SCC(=O)c3ccccc3F)nnc2-c2ccc(Br)cc2)c1. The Kier molecular flexibility index (Phi) is 6.34. The third-order valence-corrected chi connectivity index (χ3v) is 6.16. The molecule has 7 heteroatoms. The number of thioether (sulfide) groups is 1. The van der Waals surface area contributed by atoms with Crippen LogP contribution in [0.5, 0.6) is 0 Å². The summed E-state index contributed by atoms with van der Waals surface area (Å²) in [6, 6.07) is 20.1. The number of aromatic nitrogens is 3. The Labute approximate surface area is 192 Å². The van der Waals surface area contributed by atoms with E-state index in [4.69, 9.17) is 0 Å². The maximum atomic E-state index is 14.0. The van der Waals surface area contributed by atoms with E-state index in [1.807, 2.05) is 42.7 Å². The van der Waals surface area contributed by atoms with E-state index in [1.165, 1.54) is 23.9 Å². The molecule has 0 aliphatic carbocycles. The molecular formula is C24H19BrFN3OS. The molecule has 3 aromatic carbocycles. The smallest absolute Gasteiger partial charge is 0.196 e. The van der Waals surface area contributed by atoms with Crippen LogP contribution in [0.2, 0.25) is 0 Å². The minimum Gasteiger partial charge on any atom is -0.293 e.